The summed E-state index contributed by atoms with van der Waals surface area (Å²) in [6.07, 6.45) is -5.60. The summed E-state index contributed by atoms with van der Waals surface area (Å²) >= 11 is 0. The molecular weight excluding hydrogens is 148 g/mol. The number of aliphatic hydroxyl groups is 1. The molecule has 0 fully saturated rings. The Kier molecular flexibility index (Phi) is 2.53. The summed E-state index contributed by atoms with van der Waals surface area (Å²) in [5.74, 6) is 0. The zero-order valence-corrected chi connectivity index (χ0v) is 5.14. The van der Waals surface area contributed by atoms with Gasteiger partial charge in [-0.1, -0.05) is 0 Å². The van der Waals surface area contributed by atoms with Crippen LogP contribution in [0.25, 0.3) is 0 Å². The molecule has 0 bridgehead atoms. The number of nitrogens with one attached hydrogen (secondary N) is 1. The lowest BCUT2D eigenvalue weighted by atomic mass is 10.3. The Morgan fingerprint density at radius 2 is 2.10 bits per heavy atom. The molecule has 0 rings (SSSR count). The summed E-state index contributed by atoms with van der Waals surface area (Å²) in [4.78, 5) is 9.70. The molecule has 60 valence electrons. The van der Waals surface area contributed by atoms with Crippen LogP contribution in [0.4, 0.5) is 13.6 Å². The van der Waals surface area contributed by atoms with Gasteiger partial charge in [-0.3, -0.25) is 0 Å². The number of alkyl halides is 2. The van der Waals surface area contributed by atoms with Crippen molar-refractivity contribution in [1.82, 2.24) is 5.32 Å². The average Bonchev–Trinajstić information content (AvgIpc) is 1.60. The van der Waals surface area contributed by atoms with Gasteiger partial charge in [0.25, 0.3) is 0 Å². The first-order valence-corrected chi connectivity index (χ1v) is 2.43. The Bertz CT molecular complexity index is 133. The zero-order valence-electron chi connectivity index (χ0n) is 5.14. The van der Waals surface area contributed by atoms with Gasteiger partial charge < -0.3 is 15.5 Å². The lowest BCUT2D eigenvalue weighted by Gasteiger charge is -2.16. The number of amides is 1. The zero-order chi connectivity index (χ0) is 8.36. The minimum absolute atomic E-state index is 0.855. The van der Waals surface area contributed by atoms with Crippen LogP contribution in [0.3, 0.4) is 0 Å². The fourth-order valence-electron chi connectivity index (χ4n) is 0.272. The molecule has 0 heterocycles. The highest BCUT2D eigenvalue weighted by Crippen LogP contribution is 2.12. The van der Waals surface area contributed by atoms with Gasteiger partial charge >= 0.3 is 12.2 Å². The number of hydrogen-bond donors (Lipinski definition) is 3. The maximum Gasteiger partial charge on any atom is 0.405 e. The molecule has 10 heavy (non-hydrogen) atoms. The van der Waals surface area contributed by atoms with Crippen LogP contribution < -0.4 is 5.32 Å². The van der Waals surface area contributed by atoms with Gasteiger partial charge in [-0.05, 0) is 6.92 Å². The number of carbonyl (C=O) groups is 1. The van der Waals surface area contributed by atoms with Gasteiger partial charge in [-0.2, -0.15) is 8.78 Å². The second-order valence-electron chi connectivity index (χ2n) is 1.76. The summed E-state index contributed by atoms with van der Waals surface area (Å²) < 4.78 is 23.4. The summed E-state index contributed by atoms with van der Waals surface area (Å²) in [7, 11) is 0. The highest BCUT2D eigenvalue weighted by atomic mass is 19.3. The van der Waals surface area contributed by atoms with Gasteiger partial charge in [-0.15, -0.1) is 0 Å². The fraction of sp³-hybridized carbons (Fsp3) is 0.750. The third-order valence-corrected chi connectivity index (χ3v) is 0.861. The van der Waals surface area contributed by atoms with E-state index in [9.17, 15) is 13.6 Å². The van der Waals surface area contributed by atoms with E-state index in [4.69, 9.17) is 10.2 Å². The van der Waals surface area contributed by atoms with Crippen LogP contribution >= 0.6 is 0 Å². The predicted octanol–water partition coefficient (Wildman–Crippen LogP) is 0.228. The summed E-state index contributed by atoms with van der Waals surface area (Å²) in [6, 6.07) is -1.79. The first-order valence-electron chi connectivity index (χ1n) is 2.43. The van der Waals surface area contributed by atoms with Crippen LogP contribution in [0.1, 0.15) is 6.92 Å². The lowest BCUT2D eigenvalue weighted by molar-refractivity contribution is -0.215. The van der Waals surface area contributed by atoms with Crippen molar-refractivity contribution in [2.45, 2.75) is 19.1 Å². The van der Waals surface area contributed by atoms with E-state index >= 15 is 0 Å². The molecule has 0 radical (unpaired) electrons. The first-order chi connectivity index (χ1) is 4.34. The molecule has 1 unspecified atom stereocenters. The third-order valence-electron chi connectivity index (χ3n) is 0.861. The van der Waals surface area contributed by atoms with Crippen molar-refractivity contribution in [2.24, 2.45) is 0 Å². The monoisotopic (exact) mass is 155 g/mol. The van der Waals surface area contributed by atoms with Crippen molar-refractivity contribution < 1.29 is 23.8 Å². The van der Waals surface area contributed by atoms with E-state index in [0.29, 0.717) is 0 Å². The molecule has 0 aromatic heterocycles. The highest BCUT2D eigenvalue weighted by molar-refractivity contribution is 5.64. The van der Waals surface area contributed by atoms with E-state index in [1.165, 1.54) is 5.32 Å². The van der Waals surface area contributed by atoms with E-state index in [1.54, 1.807) is 0 Å². The van der Waals surface area contributed by atoms with E-state index in [1.807, 2.05) is 0 Å². The van der Waals surface area contributed by atoms with Crippen molar-refractivity contribution >= 4 is 6.09 Å². The third kappa shape index (κ3) is 3.18. The van der Waals surface area contributed by atoms with Crippen LogP contribution in [0.5, 0.6) is 0 Å². The van der Waals surface area contributed by atoms with Crippen LogP contribution in [-0.2, 0) is 0 Å². The Morgan fingerprint density at radius 1 is 1.70 bits per heavy atom. The van der Waals surface area contributed by atoms with Crippen LogP contribution in [0.15, 0.2) is 0 Å². The molecule has 3 N–H and O–H groups in total. The molecule has 0 aromatic carbocycles. The SMILES string of the molecule is CC(NC(=O)O)C(O)(F)F. The highest BCUT2D eigenvalue weighted by Gasteiger charge is 2.34. The predicted molar refractivity (Wildman–Crippen MR) is 27.8 cm³/mol. The molecule has 4 nitrogen and oxygen atoms in total. The molecule has 6 heteroatoms. The second kappa shape index (κ2) is 2.78. The van der Waals surface area contributed by atoms with E-state index in [-0.39, 0.29) is 0 Å². The Hall–Kier alpha value is -0.910. The van der Waals surface area contributed by atoms with Gasteiger partial charge in [0.2, 0.25) is 0 Å². The largest absolute Gasteiger partial charge is 0.465 e. The van der Waals surface area contributed by atoms with Gasteiger partial charge in [0, 0.05) is 0 Å². The second-order valence-corrected chi connectivity index (χ2v) is 1.76. The minimum atomic E-state index is -4.00. The standard InChI is InChI=1S/C4H7F2NO3/c1-2(4(5,6)10)7-3(8)9/h2,7,10H,1H3,(H,8,9). The van der Waals surface area contributed by atoms with Gasteiger partial charge in [0.15, 0.2) is 0 Å². The van der Waals surface area contributed by atoms with Crippen LogP contribution in [0.2, 0.25) is 0 Å². The molecule has 0 aromatic rings. The maximum absolute atomic E-state index is 11.7. The minimum Gasteiger partial charge on any atom is -0.465 e. The molecule has 1 amide bonds. The number of rotatable bonds is 2. The molecule has 0 aliphatic heterocycles. The molecule has 0 spiro atoms. The first kappa shape index (κ1) is 9.09. The quantitative estimate of drug-likeness (QED) is 0.534. The number of hydrogen-bond acceptors (Lipinski definition) is 2. The topological polar surface area (TPSA) is 69.6 Å². The number of halogens is 2. The smallest absolute Gasteiger partial charge is 0.405 e. The van der Waals surface area contributed by atoms with E-state index < -0.39 is 18.2 Å². The van der Waals surface area contributed by atoms with E-state index in [0.717, 1.165) is 6.92 Å². The molecule has 0 saturated carbocycles. The Labute approximate surface area is 55.5 Å². The van der Waals surface area contributed by atoms with Crippen molar-refractivity contribution in [2.75, 3.05) is 0 Å². The Balaban J connectivity index is 3.85. The normalized spacial score (nSPS) is 14.4. The molecule has 0 saturated heterocycles. The molecule has 0 aliphatic rings. The van der Waals surface area contributed by atoms with Crippen molar-refractivity contribution in [3.8, 4) is 0 Å². The fourth-order valence-corrected chi connectivity index (χ4v) is 0.272. The summed E-state index contributed by atoms with van der Waals surface area (Å²) in [5.41, 5.74) is 0. The average molecular weight is 155 g/mol. The molecular formula is C4H7F2NO3. The van der Waals surface area contributed by atoms with Crippen LogP contribution in [0, 0.1) is 0 Å². The van der Waals surface area contributed by atoms with Crippen molar-refractivity contribution in [3.63, 3.8) is 0 Å². The number of carboxylic acid groups (broad SMARTS) is 1. The molecule has 0 aliphatic carbocycles. The summed E-state index contributed by atoms with van der Waals surface area (Å²) in [5, 5.41) is 17.2. The maximum atomic E-state index is 11.7. The van der Waals surface area contributed by atoms with Gasteiger partial charge in [-0.25, -0.2) is 4.79 Å². The Morgan fingerprint density at radius 3 is 2.20 bits per heavy atom. The summed E-state index contributed by atoms with van der Waals surface area (Å²) in [6.45, 7) is 0.855. The van der Waals surface area contributed by atoms with E-state index in [2.05, 4.69) is 0 Å². The van der Waals surface area contributed by atoms with Gasteiger partial charge in [0.05, 0.1) is 0 Å². The van der Waals surface area contributed by atoms with Crippen molar-refractivity contribution in [1.29, 1.82) is 0 Å². The lowest BCUT2D eigenvalue weighted by Crippen LogP contribution is -2.44. The van der Waals surface area contributed by atoms with Gasteiger partial charge in [0.1, 0.15) is 6.04 Å². The van der Waals surface area contributed by atoms with Crippen LogP contribution in [-0.4, -0.2) is 28.5 Å². The van der Waals surface area contributed by atoms with Crippen molar-refractivity contribution in [3.05, 3.63) is 0 Å². The molecule has 1 atom stereocenters.